The van der Waals surface area contributed by atoms with E-state index in [1.54, 1.807) is 6.07 Å². The molecule has 6 heteroatoms. The topological polar surface area (TPSA) is 61.4 Å². The van der Waals surface area contributed by atoms with E-state index in [1.807, 2.05) is 0 Å². The summed E-state index contributed by atoms with van der Waals surface area (Å²) in [6.07, 6.45) is -0.0586. The Balaban J connectivity index is 1.87. The molecule has 1 aliphatic rings. The van der Waals surface area contributed by atoms with E-state index in [4.69, 9.17) is 11.6 Å². The molecule has 3 N–H and O–H groups in total. The number of aliphatic hydroxyl groups excluding tert-OH is 1. The molecule has 0 radical (unpaired) electrons. The summed E-state index contributed by atoms with van der Waals surface area (Å²) in [7, 11) is 0. The Hall–Kier alpha value is -1.17. The van der Waals surface area contributed by atoms with Crippen LogP contribution in [0.4, 0.5) is 4.39 Å². The molecule has 2 atom stereocenters. The van der Waals surface area contributed by atoms with Gasteiger partial charge in [-0.2, -0.15) is 0 Å². The van der Waals surface area contributed by atoms with Gasteiger partial charge in [0.15, 0.2) is 0 Å². The van der Waals surface area contributed by atoms with Crippen molar-refractivity contribution in [1.29, 1.82) is 0 Å². The number of hydrogen-bond donors (Lipinski definition) is 3. The molecule has 18 heavy (non-hydrogen) atoms. The maximum absolute atomic E-state index is 12.9. The lowest BCUT2D eigenvalue weighted by Crippen LogP contribution is -2.40. The molecular formula is C12H14ClFN2O2. The van der Waals surface area contributed by atoms with Gasteiger partial charge in [-0.25, -0.2) is 4.39 Å². The van der Waals surface area contributed by atoms with Crippen LogP contribution in [-0.2, 0) is 11.3 Å². The van der Waals surface area contributed by atoms with Gasteiger partial charge in [-0.15, -0.1) is 0 Å². The van der Waals surface area contributed by atoms with Crippen LogP contribution in [0.2, 0.25) is 5.02 Å². The van der Waals surface area contributed by atoms with Gasteiger partial charge in [0.1, 0.15) is 5.82 Å². The number of nitrogens with one attached hydrogen (secondary N) is 2. The van der Waals surface area contributed by atoms with Gasteiger partial charge in [-0.05, 0) is 24.1 Å². The molecule has 1 fully saturated rings. The first-order valence-corrected chi connectivity index (χ1v) is 6.07. The lowest BCUT2D eigenvalue weighted by atomic mass is 10.2. The maximum Gasteiger partial charge on any atom is 0.237 e. The SMILES string of the molecule is O=C(NCc1ccc(F)c(Cl)c1)[C@H]1C[C@H](O)CN1. The van der Waals surface area contributed by atoms with E-state index in [9.17, 15) is 14.3 Å². The van der Waals surface area contributed by atoms with Crippen LogP contribution in [0.25, 0.3) is 0 Å². The van der Waals surface area contributed by atoms with E-state index in [0.717, 1.165) is 5.56 Å². The van der Waals surface area contributed by atoms with E-state index in [-0.39, 0.29) is 23.5 Å². The summed E-state index contributed by atoms with van der Waals surface area (Å²) in [5, 5.41) is 15.0. The summed E-state index contributed by atoms with van der Waals surface area (Å²) >= 11 is 5.64. The van der Waals surface area contributed by atoms with Crippen LogP contribution in [0.5, 0.6) is 0 Å². The molecule has 98 valence electrons. The van der Waals surface area contributed by atoms with Crippen molar-refractivity contribution in [3.05, 3.63) is 34.6 Å². The number of β-amino-alcohol motifs (C(OH)–C–C–N with tert-alkyl or cyclic N) is 1. The van der Waals surface area contributed by atoms with Crippen LogP contribution in [0, 0.1) is 5.82 Å². The van der Waals surface area contributed by atoms with Crippen molar-refractivity contribution in [2.24, 2.45) is 0 Å². The van der Waals surface area contributed by atoms with Crippen LogP contribution >= 0.6 is 11.6 Å². The van der Waals surface area contributed by atoms with E-state index < -0.39 is 11.9 Å². The van der Waals surface area contributed by atoms with Crippen molar-refractivity contribution in [1.82, 2.24) is 10.6 Å². The average Bonchev–Trinajstić information content (AvgIpc) is 2.77. The van der Waals surface area contributed by atoms with Crippen molar-refractivity contribution in [2.45, 2.75) is 25.1 Å². The first-order valence-electron chi connectivity index (χ1n) is 5.69. The molecule has 1 saturated heterocycles. The summed E-state index contributed by atoms with van der Waals surface area (Å²) in [4.78, 5) is 11.7. The highest BCUT2D eigenvalue weighted by Gasteiger charge is 2.27. The zero-order chi connectivity index (χ0) is 13.1. The molecular weight excluding hydrogens is 259 g/mol. The number of amides is 1. The average molecular weight is 273 g/mol. The third-order valence-electron chi connectivity index (χ3n) is 2.87. The largest absolute Gasteiger partial charge is 0.392 e. The Kier molecular flexibility index (Phi) is 4.16. The van der Waals surface area contributed by atoms with Crippen LogP contribution < -0.4 is 10.6 Å². The van der Waals surface area contributed by atoms with Gasteiger partial charge in [-0.1, -0.05) is 17.7 Å². The first kappa shape index (κ1) is 13.3. The molecule has 4 nitrogen and oxygen atoms in total. The molecule has 1 amide bonds. The highest BCUT2D eigenvalue weighted by molar-refractivity contribution is 6.30. The van der Waals surface area contributed by atoms with Crippen molar-refractivity contribution in [3.8, 4) is 0 Å². The Morgan fingerprint density at radius 2 is 2.39 bits per heavy atom. The summed E-state index contributed by atoms with van der Waals surface area (Å²) in [6.45, 7) is 0.716. The second-order valence-corrected chi connectivity index (χ2v) is 4.72. The Morgan fingerprint density at radius 3 is 3.00 bits per heavy atom. The van der Waals surface area contributed by atoms with Gasteiger partial charge in [0.05, 0.1) is 17.2 Å². The van der Waals surface area contributed by atoms with E-state index in [0.29, 0.717) is 13.0 Å². The second-order valence-electron chi connectivity index (χ2n) is 4.32. The number of carbonyl (C=O) groups is 1. The van der Waals surface area contributed by atoms with Crippen molar-refractivity contribution >= 4 is 17.5 Å². The second kappa shape index (κ2) is 5.65. The molecule has 0 saturated carbocycles. The van der Waals surface area contributed by atoms with Gasteiger partial charge in [0, 0.05) is 13.1 Å². The van der Waals surface area contributed by atoms with Gasteiger partial charge in [-0.3, -0.25) is 4.79 Å². The number of benzene rings is 1. The standard InChI is InChI=1S/C12H14ClFN2O2/c13-9-3-7(1-2-10(9)14)5-16-12(18)11-4-8(17)6-15-11/h1-3,8,11,15,17H,4-6H2,(H,16,18)/t8-,11+/m0/s1. The van der Waals surface area contributed by atoms with Crippen molar-refractivity contribution < 1.29 is 14.3 Å². The molecule has 1 heterocycles. The van der Waals surface area contributed by atoms with Crippen LogP contribution in [0.1, 0.15) is 12.0 Å². The zero-order valence-corrected chi connectivity index (χ0v) is 10.4. The first-order chi connectivity index (χ1) is 8.56. The zero-order valence-electron chi connectivity index (χ0n) is 9.62. The molecule has 2 rings (SSSR count). The normalized spacial score (nSPS) is 23.1. The number of hydrogen-bond acceptors (Lipinski definition) is 3. The van der Waals surface area contributed by atoms with Gasteiger partial charge in [0.25, 0.3) is 0 Å². The fourth-order valence-electron chi connectivity index (χ4n) is 1.88. The summed E-state index contributed by atoms with van der Waals surface area (Å²) in [6, 6.07) is 3.95. The number of aliphatic hydroxyl groups is 1. The minimum absolute atomic E-state index is 0.0381. The molecule has 0 spiro atoms. The maximum atomic E-state index is 12.9. The number of carbonyl (C=O) groups excluding carboxylic acids is 1. The number of rotatable bonds is 3. The number of halogens is 2. The third-order valence-corrected chi connectivity index (χ3v) is 3.16. The summed E-state index contributed by atoms with van der Waals surface area (Å²) in [5.74, 6) is -0.653. The smallest absolute Gasteiger partial charge is 0.237 e. The lowest BCUT2D eigenvalue weighted by Gasteiger charge is -2.11. The van der Waals surface area contributed by atoms with Crippen LogP contribution in [-0.4, -0.2) is 29.7 Å². The Morgan fingerprint density at radius 1 is 1.61 bits per heavy atom. The van der Waals surface area contributed by atoms with E-state index in [2.05, 4.69) is 10.6 Å². The molecule has 1 aliphatic heterocycles. The minimum Gasteiger partial charge on any atom is -0.392 e. The summed E-state index contributed by atoms with van der Waals surface area (Å²) in [5.41, 5.74) is 0.730. The molecule has 1 aromatic rings. The quantitative estimate of drug-likeness (QED) is 0.763. The van der Waals surface area contributed by atoms with Crippen molar-refractivity contribution in [3.63, 3.8) is 0 Å². The van der Waals surface area contributed by atoms with Gasteiger partial charge < -0.3 is 15.7 Å². The highest BCUT2D eigenvalue weighted by atomic mass is 35.5. The fraction of sp³-hybridized carbons (Fsp3) is 0.417. The molecule has 0 aliphatic carbocycles. The van der Waals surface area contributed by atoms with Gasteiger partial charge >= 0.3 is 0 Å². The van der Waals surface area contributed by atoms with Gasteiger partial charge in [0.2, 0.25) is 5.91 Å². The Bertz CT molecular complexity index is 456. The van der Waals surface area contributed by atoms with Crippen molar-refractivity contribution in [2.75, 3.05) is 6.54 Å². The molecule has 0 unspecified atom stereocenters. The van der Waals surface area contributed by atoms with Crippen LogP contribution in [0.15, 0.2) is 18.2 Å². The molecule has 0 aromatic heterocycles. The van der Waals surface area contributed by atoms with Crippen LogP contribution in [0.3, 0.4) is 0 Å². The van der Waals surface area contributed by atoms with E-state index in [1.165, 1.54) is 12.1 Å². The lowest BCUT2D eigenvalue weighted by molar-refractivity contribution is -0.123. The molecule has 1 aromatic carbocycles. The summed E-state index contributed by atoms with van der Waals surface area (Å²) < 4.78 is 12.9. The minimum atomic E-state index is -0.479. The van der Waals surface area contributed by atoms with E-state index >= 15 is 0 Å². The fourth-order valence-corrected chi connectivity index (χ4v) is 2.08. The predicted molar refractivity (Wildman–Crippen MR) is 65.7 cm³/mol. The predicted octanol–water partition coefficient (Wildman–Crippen LogP) is 0.818. The molecule has 0 bridgehead atoms. The highest BCUT2D eigenvalue weighted by Crippen LogP contribution is 2.16. The monoisotopic (exact) mass is 272 g/mol. The third kappa shape index (κ3) is 3.19. The Labute approximate surface area is 109 Å².